The number of pyridine rings is 2. The fourth-order valence-corrected chi connectivity index (χ4v) is 3.16. The molecular formula is C26H17N4O2Pt-. The molecule has 0 saturated heterocycles. The van der Waals surface area contributed by atoms with Gasteiger partial charge in [0.15, 0.2) is 5.82 Å². The number of aromatic hydroxyl groups is 1. The Labute approximate surface area is 205 Å². The summed E-state index contributed by atoms with van der Waals surface area (Å²) in [5.74, 6) is 1.46. The minimum atomic E-state index is 0. The normalized spacial score (nSPS) is 10.3. The van der Waals surface area contributed by atoms with E-state index in [1.165, 1.54) is 0 Å². The molecule has 3 aromatic heterocycles. The van der Waals surface area contributed by atoms with Gasteiger partial charge >= 0.3 is 0 Å². The Bertz CT molecular complexity index is 1370. The Morgan fingerprint density at radius 2 is 1.39 bits per heavy atom. The number of nitrogens with zero attached hydrogens (tertiary/aromatic N) is 4. The SMILES string of the molecule is Oc1ccccc1-c1[c-]c(-c2cccc(Oc3ccccn3)n2)nc(-c2ccccc2)n1.[Pt]. The predicted molar refractivity (Wildman–Crippen MR) is 121 cm³/mol. The van der Waals surface area contributed by atoms with Gasteiger partial charge < -0.3 is 9.84 Å². The molecule has 0 amide bonds. The molecule has 0 aliphatic carbocycles. The van der Waals surface area contributed by atoms with Crippen LogP contribution in [0.15, 0.2) is 97.2 Å². The van der Waals surface area contributed by atoms with E-state index in [1.54, 1.807) is 36.5 Å². The smallest absolute Gasteiger partial charge is 0.221 e. The molecule has 0 aliphatic rings. The van der Waals surface area contributed by atoms with E-state index in [0.717, 1.165) is 5.56 Å². The number of hydrogen-bond acceptors (Lipinski definition) is 6. The van der Waals surface area contributed by atoms with E-state index in [4.69, 9.17) is 9.72 Å². The number of ether oxygens (including phenoxy) is 1. The summed E-state index contributed by atoms with van der Waals surface area (Å²) in [5, 5.41) is 10.4. The van der Waals surface area contributed by atoms with Crippen molar-refractivity contribution in [1.29, 1.82) is 0 Å². The molecule has 0 atom stereocenters. The molecule has 5 rings (SSSR count). The van der Waals surface area contributed by atoms with Crippen molar-refractivity contribution in [2.24, 2.45) is 0 Å². The molecule has 164 valence electrons. The molecule has 5 aromatic rings. The van der Waals surface area contributed by atoms with Crippen molar-refractivity contribution >= 4 is 0 Å². The fourth-order valence-electron chi connectivity index (χ4n) is 3.16. The van der Waals surface area contributed by atoms with Crippen molar-refractivity contribution in [3.63, 3.8) is 0 Å². The molecule has 6 nitrogen and oxygen atoms in total. The monoisotopic (exact) mass is 612 g/mol. The van der Waals surface area contributed by atoms with Crippen LogP contribution in [0, 0.1) is 6.07 Å². The van der Waals surface area contributed by atoms with Crippen LogP contribution < -0.4 is 4.74 Å². The molecule has 0 fully saturated rings. The van der Waals surface area contributed by atoms with Gasteiger partial charge in [-0.2, -0.15) is 0 Å². The van der Waals surface area contributed by atoms with Crippen LogP contribution >= 0.6 is 0 Å². The molecule has 7 heteroatoms. The number of hydrogen-bond donors (Lipinski definition) is 1. The van der Waals surface area contributed by atoms with Crippen LogP contribution in [0.3, 0.4) is 0 Å². The van der Waals surface area contributed by atoms with E-state index < -0.39 is 0 Å². The molecule has 0 aliphatic heterocycles. The van der Waals surface area contributed by atoms with E-state index in [2.05, 4.69) is 21.0 Å². The first kappa shape index (κ1) is 22.3. The first-order chi connectivity index (χ1) is 15.8. The van der Waals surface area contributed by atoms with Crippen molar-refractivity contribution in [1.82, 2.24) is 19.9 Å². The third-order valence-corrected chi connectivity index (χ3v) is 4.68. The summed E-state index contributed by atoms with van der Waals surface area (Å²) in [5.41, 5.74) is 2.94. The van der Waals surface area contributed by atoms with Crippen LogP contribution in [0.5, 0.6) is 17.5 Å². The van der Waals surface area contributed by atoms with Gasteiger partial charge in [-0.15, -0.1) is 12.1 Å². The number of para-hydroxylation sites is 1. The average Bonchev–Trinajstić information content (AvgIpc) is 2.85. The molecule has 3 heterocycles. The van der Waals surface area contributed by atoms with Crippen LogP contribution in [-0.4, -0.2) is 25.0 Å². The van der Waals surface area contributed by atoms with Crippen LogP contribution in [0.2, 0.25) is 0 Å². The number of aromatic nitrogens is 4. The molecule has 33 heavy (non-hydrogen) atoms. The van der Waals surface area contributed by atoms with Crippen molar-refractivity contribution in [2.45, 2.75) is 0 Å². The van der Waals surface area contributed by atoms with Crippen molar-refractivity contribution in [2.75, 3.05) is 0 Å². The Kier molecular flexibility index (Phi) is 6.86. The number of benzene rings is 2. The van der Waals surface area contributed by atoms with Crippen LogP contribution in [-0.2, 0) is 21.1 Å². The minimum absolute atomic E-state index is 0. The first-order valence-electron chi connectivity index (χ1n) is 9.98. The van der Waals surface area contributed by atoms with Gasteiger partial charge in [-0.25, -0.2) is 4.98 Å². The van der Waals surface area contributed by atoms with Crippen LogP contribution in [0.4, 0.5) is 0 Å². The second-order valence-electron chi connectivity index (χ2n) is 6.88. The molecule has 0 radical (unpaired) electrons. The first-order valence-corrected chi connectivity index (χ1v) is 9.98. The molecule has 0 unspecified atom stereocenters. The van der Waals surface area contributed by atoms with Crippen LogP contribution in [0.25, 0.3) is 34.0 Å². The van der Waals surface area contributed by atoms with Gasteiger partial charge in [0.2, 0.25) is 11.8 Å². The number of phenols is 1. The zero-order valence-corrected chi connectivity index (χ0v) is 19.5. The largest absolute Gasteiger partial charge is 0.520 e. The second-order valence-corrected chi connectivity index (χ2v) is 6.88. The summed E-state index contributed by atoms with van der Waals surface area (Å²) in [6, 6.07) is 30.7. The molecule has 0 bridgehead atoms. The summed E-state index contributed by atoms with van der Waals surface area (Å²) in [6.07, 6.45) is 1.65. The van der Waals surface area contributed by atoms with Crippen LogP contribution in [0.1, 0.15) is 0 Å². The Morgan fingerprint density at radius 1 is 0.667 bits per heavy atom. The topological polar surface area (TPSA) is 81.0 Å². The Balaban J connectivity index is 0.00000259. The standard InChI is InChI=1S/C26H17N4O2.Pt/c31-23-13-5-4-11-19(23)21-17-22(30-26(29-21)18-9-2-1-3-10-18)20-12-8-15-25(28-20)32-24-14-6-7-16-27-24;/h1-16,31H;/q-1;. The van der Waals surface area contributed by atoms with Crippen molar-refractivity contribution in [3.05, 3.63) is 103 Å². The van der Waals surface area contributed by atoms with Gasteiger partial charge in [-0.3, -0.25) is 15.0 Å². The van der Waals surface area contributed by atoms with Gasteiger partial charge in [-0.1, -0.05) is 66.2 Å². The maximum atomic E-state index is 10.4. The van der Waals surface area contributed by atoms with E-state index in [1.807, 2.05) is 60.7 Å². The van der Waals surface area contributed by atoms with Crippen molar-refractivity contribution in [3.8, 4) is 51.5 Å². The Hall–Kier alpha value is -3.89. The van der Waals surface area contributed by atoms with E-state index in [9.17, 15) is 5.11 Å². The maximum absolute atomic E-state index is 10.4. The van der Waals surface area contributed by atoms with Crippen molar-refractivity contribution < 1.29 is 30.9 Å². The number of rotatable bonds is 5. The Morgan fingerprint density at radius 3 is 2.18 bits per heavy atom. The summed E-state index contributed by atoms with van der Waals surface area (Å²) < 4.78 is 5.77. The third-order valence-electron chi connectivity index (χ3n) is 4.68. The van der Waals surface area contributed by atoms with Gasteiger partial charge in [0.1, 0.15) is 0 Å². The minimum Gasteiger partial charge on any atom is -0.520 e. The zero-order chi connectivity index (χ0) is 21.8. The fraction of sp³-hybridized carbons (Fsp3) is 0. The van der Waals surface area contributed by atoms with Gasteiger partial charge in [0.25, 0.3) is 0 Å². The van der Waals surface area contributed by atoms with Gasteiger partial charge in [-0.05, 0) is 35.3 Å². The van der Waals surface area contributed by atoms with Gasteiger partial charge in [0.05, 0.1) is 5.75 Å². The number of phenolic OH excluding ortho intramolecular Hbond substituents is 1. The quantitative estimate of drug-likeness (QED) is 0.262. The zero-order valence-electron chi connectivity index (χ0n) is 17.2. The molecule has 2 aromatic carbocycles. The summed E-state index contributed by atoms with van der Waals surface area (Å²) in [4.78, 5) is 18.1. The third kappa shape index (κ3) is 5.13. The summed E-state index contributed by atoms with van der Waals surface area (Å²) >= 11 is 0. The summed E-state index contributed by atoms with van der Waals surface area (Å²) in [6.45, 7) is 0. The van der Waals surface area contributed by atoms with Gasteiger partial charge in [0, 0.05) is 38.9 Å². The second kappa shape index (κ2) is 10.2. The molecule has 0 saturated carbocycles. The maximum Gasteiger partial charge on any atom is 0.221 e. The molecule has 1 N–H and O–H groups in total. The average molecular weight is 613 g/mol. The van der Waals surface area contributed by atoms with E-state index >= 15 is 0 Å². The van der Waals surface area contributed by atoms with E-state index in [0.29, 0.717) is 40.2 Å². The van der Waals surface area contributed by atoms with E-state index in [-0.39, 0.29) is 26.8 Å². The summed E-state index contributed by atoms with van der Waals surface area (Å²) in [7, 11) is 0. The molecule has 0 spiro atoms. The predicted octanol–water partition coefficient (Wildman–Crippen LogP) is 5.56. The molecular weight excluding hydrogens is 595 g/mol.